The van der Waals surface area contributed by atoms with Gasteiger partial charge >= 0.3 is 0 Å². The summed E-state index contributed by atoms with van der Waals surface area (Å²) in [6, 6.07) is 12.1. The number of halogens is 1. The zero-order chi connectivity index (χ0) is 21.6. The molecule has 1 N–H and O–H groups in total. The van der Waals surface area contributed by atoms with Gasteiger partial charge in [0.15, 0.2) is 11.5 Å². The maximum Gasteiger partial charge on any atom is 0.241 e. The van der Waals surface area contributed by atoms with Crippen molar-refractivity contribution in [2.24, 2.45) is 0 Å². The lowest BCUT2D eigenvalue weighted by atomic mass is 10.2. The van der Waals surface area contributed by atoms with Crippen molar-refractivity contribution >= 4 is 37.5 Å². The molecule has 1 amide bonds. The Bertz CT molecular complexity index is 946. The molecule has 0 spiro atoms. The van der Waals surface area contributed by atoms with Gasteiger partial charge in [-0.05, 0) is 55.8 Å². The summed E-state index contributed by atoms with van der Waals surface area (Å²) in [5.41, 5.74) is 1.23. The fourth-order valence-electron chi connectivity index (χ4n) is 2.57. The zero-order valence-corrected chi connectivity index (χ0v) is 19.2. The lowest BCUT2D eigenvalue weighted by Crippen LogP contribution is -2.40. The number of methoxy groups -OCH3 is 1. The molecule has 0 aromatic heterocycles. The largest absolute Gasteiger partial charge is 0.493 e. The molecule has 9 heteroatoms. The Hall–Kier alpha value is -2.26. The summed E-state index contributed by atoms with van der Waals surface area (Å²) in [5.74, 6) is 0.772. The van der Waals surface area contributed by atoms with Gasteiger partial charge in [0, 0.05) is 11.0 Å². The van der Waals surface area contributed by atoms with Crippen molar-refractivity contribution < 1.29 is 22.7 Å². The van der Waals surface area contributed by atoms with Crippen LogP contribution >= 0.6 is 15.9 Å². The van der Waals surface area contributed by atoms with E-state index in [0.717, 1.165) is 20.6 Å². The van der Waals surface area contributed by atoms with Crippen LogP contribution in [0.3, 0.4) is 0 Å². The van der Waals surface area contributed by atoms with Crippen molar-refractivity contribution in [3.05, 3.63) is 52.5 Å². The highest BCUT2D eigenvalue weighted by molar-refractivity contribution is 9.10. The number of ether oxygens (including phenoxy) is 2. The lowest BCUT2D eigenvalue weighted by molar-refractivity contribution is -0.119. The predicted octanol–water partition coefficient (Wildman–Crippen LogP) is 3.33. The number of rotatable bonds is 9. The van der Waals surface area contributed by atoms with Gasteiger partial charge < -0.3 is 14.8 Å². The summed E-state index contributed by atoms with van der Waals surface area (Å²) in [4.78, 5) is 12.4. The molecule has 0 unspecified atom stereocenters. The Balaban J connectivity index is 2.06. The van der Waals surface area contributed by atoms with Gasteiger partial charge in [-0.1, -0.05) is 22.0 Å². The van der Waals surface area contributed by atoms with Crippen LogP contribution in [0, 0.1) is 0 Å². The minimum Gasteiger partial charge on any atom is -0.493 e. The van der Waals surface area contributed by atoms with Crippen molar-refractivity contribution in [3.63, 3.8) is 0 Å². The van der Waals surface area contributed by atoms with E-state index in [-0.39, 0.29) is 19.2 Å². The standard InChI is InChI=1S/C20H25BrN2O5S/c1-14(2)28-18-10-5-15(11-19(18)27-3)12-22-20(24)13-23(29(4,25)26)17-8-6-16(21)7-9-17/h5-11,14H,12-13H2,1-4H3,(H,22,24). The molecule has 0 aliphatic carbocycles. The SMILES string of the molecule is COc1cc(CNC(=O)CN(c2ccc(Br)cc2)S(C)(=O)=O)ccc1OC(C)C. The molecule has 0 bridgehead atoms. The zero-order valence-electron chi connectivity index (χ0n) is 16.8. The topological polar surface area (TPSA) is 84.9 Å². The Kier molecular flexibility index (Phi) is 7.92. The first kappa shape index (κ1) is 23.0. The summed E-state index contributed by atoms with van der Waals surface area (Å²) >= 11 is 3.31. The number of nitrogens with zero attached hydrogens (tertiary/aromatic N) is 1. The van der Waals surface area contributed by atoms with E-state index >= 15 is 0 Å². The summed E-state index contributed by atoms with van der Waals surface area (Å²) in [7, 11) is -2.07. The second kappa shape index (κ2) is 9.98. The molecule has 0 saturated carbocycles. The molecule has 0 atom stereocenters. The third kappa shape index (κ3) is 6.93. The van der Waals surface area contributed by atoms with E-state index in [0.29, 0.717) is 17.2 Å². The monoisotopic (exact) mass is 484 g/mol. The molecular formula is C20H25BrN2O5S. The fraction of sp³-hybridized carbons (Fsp3) is 0.350. The van der Waals surface area contributed by atoms with E-state index in [1.54, 1.807) is 43.5 Å². The van der Waals surface area contributed by atoms with Crippen LogP contribution in [-0.2, 0) is 21.4 Å². The van der Waals surface area contributed by atoms with Gasteiger partial charge in [0.05, 0.1) is 25.2 Å². The van der Waals surface area contributed by atoms with Crippen LogP contribution < -0.4 is 19.1 Å². The second-order valence-electron chi connectivity index (χ2n) is 6.67. The highest BCUT2D eigenvalue weighted by Crippen LogP contribution is 2.29. The van der Waals surface area contributed by atoms with Crippen molar-refractivity contribution in [2.75, 3.05) is 24.2 Å². The highest BCUT2D eigenvalue weighted by atomic mass is 79.9. The van der Waals surface area contributed by atoms with Gasteiger partial charge in [-0.3, -0.25) is 9.10 Å². The molecule has 2 aromatic rings. The summed E-state index contributed by atoms with van der Waals surface area (Å²) < 4.78 is 37.2. The highest BCUT2D eigenvalue weighted by Gasteiger charge is 2.20. The van der Waals surface area contributed by atoms with Gasteiger partial charge in [0.2, 0.25) is 15.9 Å². The Labute approximate surface area is 180 Å². The van der Waals surface area contributed by atoms with Crippen molar-refractivity contribution in [1.29, 1.82) is 0 Å². The summed E-state index contributed by atoms with van der Waals surface area (Å²) in [5, 5.41) is 2.74. The van der Waals surface area contributed by atoms with Gasteiger partial charge in [-0.2, -0.15) is 0 Å². The molecule has 2 aromatic carbocycles. The minimum atomic E-state index is -3.62. The first-order valence-electron chi connectivity index (χ1n) is 8.93. The van der Waals surface area contributed by atoms with E-state index in [1.165, 1.54) is 0 Å². The maximum atomic E-state index is 12.4. The van der Waals surface area contributed by atoms with Gasteiger partial charge in [-0.25, -0.2) is 8.42 Å². The number of amides is 1. The van der Waals surface area contributed by atoms with Crippen LogP contribution in [0.4, 0.5) is 5.69 Å². The quantitative estimate of drug-likeness (QED) is 0.589. The average Bonchev–Trinajstić information content (AvgIpc) is 2.65. The molecule has 7 nitrogen and oxygen atoms in total. The number of nitrogens with one attached hydrogen (secondary N) is 1. The minimum absolute atomic E-state index is 0.00929. The molecule has 2 rings (SSSR count). The molecule has 29 heavy (non-hydrogen) atoms. The second-order valence-corrected chi connectivity index (χ2v) is 9.50. The molecular weight excluding hydrogens is 460 g/mol. The van der Waals surface area contributed by atoms with Crippen LogP contribution in [0.5, 0.6) is 11.5 Å². The Morgan fingerprint density at radius 3 is 2.34 bits per heavy atom. The van der Waals surface area contributed by atoms with Gasteiger partial charge in [0.25, 0.3) is 0 Å². The number of anilines is 1. The molecule has 0 heterocycles. The van der Waals surface area contributed by atoms with E-state index in [2.05, 4.69) is 21.2 Å². The third-order valence-corrected chi connectivity index (χ3v) is 5.55. The average molecular weight is 485 g/mol. The van der Waals surface area contributed by atoms with E-state index in [9.17, 15) is 13.2 Å². The Morgan fingerprint density at radius 1 is 1.14 bits per heavy atom. The van der Waals surface area contributed by atoms with Crippen LogP contribution in [0.2, 0.25) is 0 Å². The fourth-order valence-corrected chi connectivity index (χ4v) is 3.69. The van der Waals surface area contributed by atoms with Crippen LogP contribution in [0.15, 0.2) is 46.9 Å². The van der Waals surface area contributed by atoms with Crippen LogP contribution in [0.25, 0.3) is 0 Å². The number of carbonyl (C=O) groups excluding carboxylic acids is 1. The summed E-state index contributed by atoms with van der Waals surface area (Å²) in [6.07, 6.45) is 1.08. The Morgan fingerprint density at radius 2 is 1.79 bits per heavy atom. The van der Waals surface area contributed by atoms with Crippen LogP contribution in [0.1, 0.15) is 19.4 Å². The molecule has 0 aliphatic heterocycles. The van der Waals surface area contributed by atoms with E-state index < -0.39 is 15.9 Å². The first-order chi connectivity index (χ1) is 13.6. The first-order valence-corrected chi connectivity index (χ1v) is 11.6. The predicted molar refractivity (Wildman–Crippen MR) is 117 cm³/mol. The molecule has 0 aliphatic rings. The van der Waals surface area contributed by atoms with Crippen LogP contribution in [-0.4, -0.2) is 40.3 Å². The number of hydrogen-bond acceptors (Lipinski definition) is 5. The summed E-state index contributed by atoms with van der Waals surface area (Å²) in [6.45, 7) is 3.76. The van der Waals surface area contributed by atoms with Gasteiger partial charge in [0.1, 0.15) is 6.54 Å². The van der Waals surface area contributed by atoms with Crippen molar-refractivity contribution in [3.8, 4) is 11.5 Å². The van der Waals surface area contributed by atoms with E-state index in [1.807, 2.05) is 19.9 Å². The third-order valence-electron chi connectivity index (χ3n) is 3.88. The molecule has 158 valence electrons. The number of sulfonamides is 1. The smallest absolute Gasteiger partial charge is 0.241 e. The molecule has 0 radical (unpaired) electrons. The number of carbonyl (C=O) groups is 1. The maximum absolute atomic E-state index is 12.4. The van der Waals surface area contributed by atoms with Crippen molar-refractivity contribution in [1.82, 2.24) is 5.32 Å². The van der Waals surface area contributed by atoms with Crippen molar-refractivity contribution in [2.45, 2.75) is 26.5 Å². The molecule has 0 saturated heterocycles. The number of hydrogen-bond donors (Lipinski definition) is 1. The normalized spacial score (nSPS) is 11.2. The van der Waals surface area contributed by atoms with Gasteiger partial charge in [-0.15, -0.1) is 0 Å². The van der Waals surface area contributed by atoms with E-state index in [4.69, 9.17) is 9.47 Å². The number of benzene rings is 2. The molecule has 0 fully saturated rings. The lowest BCUT2D eigenvalue weighted by Gasteiger charge is -2.22.